The number of rotatable bonds is 7. The number of furan rings is 1. The van der Waals surface area contributed by atoms with Crippen LogP contribution in [0.2, 0.25) is 0 Å². The summed E-state index contributed by atoms with van der Waals surface area (Å²) >= 11 is 0. The molecule has 2 heterocycles. The van der Waals surface area contributed by atoms with Crippen LogP contribution >= 0.6 is 0 Å². The Bertz CT molecular complexity index is 1130. The van der Waals surface area contributed by atoms with Crippen molar-refractivity contribution in [2.24, 2.45) is 0 Å². The van der Waals surface area contributed by atoms with Crippen LogP contribution in [0.5, 0.6) is 11.5 Å². The molecule has 0 radical (unpaired) electrons. The van der Waals surface area contributed by atoms with Crippen molar-refractivity contribution >= 4 is 11.8 Å². The highest BCUT2D eigenvalue weighted by atomic mass is 16.5. The van der Waals surface area contributed by atoms with E-state index in [1.165, 1.54) is 6.26 Å². The third-order valence-corrected chi connectivity index (χ3v) is 6.09. The highest BCUT2D eigenvalue weighted by Crippen LogP contribution is 2.28. The zero-order chi connectivity index (χ0) is 23.4. The van der Waals surface area contributed by atoms with Gasteiger partial charge in [0, 0.05) is 26.6 Å². The van der Waals surface area contributed by atoms with Gasteiger partial charge in [-0.15, -0.1) is 0 Å². The number of hydrogen-bond acceptors (Lipinski definition) is 5. The number of nitrogens with zero attached hydrogens (tertiary/aromatic N) is 2. The molecule has 1 aromatic heterocycles. The molecule has 0 saturated carbocycles. The fraction of sp³-hybridized carbons (Fsp3) is 0.308. The Balaban J connectivity index is 1.51. The molecule has 7 heteroatoms. The standard InChI is InChI=1S/C26H28N2O5/c1-27(13-12-18-10-11-22(31-2)24(15-18)32-3)25(29)21-16-19-7-4-5-8-20(19)17-28(21)26(30)23-9-6-14-33-23/h4-11,14-15,21H,12-13,16-17H2,1-3H3. The first-order chi connectivity index (χ1) is 16.0. The highest BCUT2D eigenvalue weighted by Gasteiger charge is 2.37. The summed E-state index contributed by atoms with van der Waals surface area (Å²) in [5.74, 6) is 1.19. The van der Waals surface area contributed by atoms with Gasteiger partial charge in [-0.05, 0) is 47.4 Å². The summed E-state index contributed by atoms with van der Waals surface area (Å²) in [6, 6.07) is 16.4. The smallest absolute Gasteiger partial charge is 0.290 e. The van der Waals surface area contributed by atoms with E-state index in [2.05, 4.69) is 0 Å². The van der Waals surface area contributed by atoms with Crippen molar-refractivity contribution in [2.75, 3.05) is 27.8 Å². The fourth-order valence-electron chi connectivity index (χ4n) is 4.20. The van der Waals surface area contributed by atoms with Crippen LogP contribution in [-0.2, 0) is 24.2 Å². The number of fused-ring (bicyclic) bond motifs is 1. The van der Waals surface area contributed by atoms with Crippen LogP contribution in [-0.4, -0.2) is 55.5 Å². The molecule has 0 bridgehead atoms. The summed E-state index contributed by atoms with van der Waals surface area (Å²) < 4.78 is 16.0. The molecule has 1 atom stereocenters. The first-order valence-electron chi connectivity index (χ1n) is 10.9. The van der Waals surface area contributed by atoms with Crippen molar-refractivity contribution in [1.29, 1.82) is 0 Å². The maximum Gasteiger partial charge on any atom is 0.290 e. The molecule has 1 unspecified atom stereocenters. The second kappa shape index (κ2) is 9.81. The Morgan fingerprint density at radius 1 is 1.03 bits per heavy atom. The molecule has 0 fully saturated rings. The van der Waals surface area contributed by atoms with Gasteiger partial charge in [-0.25, -0.2) is 0 Å². The summed E-state index contributed by atoms with van der Waals surface area (Å²) in [7, 11) is 4.98. The minimum Gasteiger partial charge on any atom is -0.493 e. The van der Waals surface area contributed by atoms with Crippen molar-refractivity contribution in [3.05, 3.63) is 83.3 Å². The second-order valence-electron chi connectivity index (χ2n) is 8.10. The average Bonchev–Trinajstić information content (AvgIpc) is 3.40. The van der Waals surface area contributed by atoms with Gasteiger partial charge in [0.1, 0.15) is 6.04 Å². The number of likely N-dealkylation sites (N-methyl/N-ethyl adjacent to an activating group) is 1. The number of methoxy groups -OCH3 is 2. The minimum atomic E-state index is -0.590. The van der Waals surface area contributed by atoms with Crippen LogP contribution in [0.4, 0.5) is 0 Å². The van der Waals surface area contributed by atoms with Crippen LogP contribution in [0, 0.1) is 0 Å². The third kappa shape index (κ3) is 4.72. The molecular weight excluding hydrogens is 420 g/mol. The molecule has 0 N–H and O–H groups in total. The lowest BCUT2D eigenvalue weighted by Crippen LogP contribution is -2.53. The zero-order valence-corrected chi connectivity index (χ0v) is 19.1. The van der Waals surface area contributed by atoms with Crippen LogP contribution in [0.25, 0.3) is 0 Å². The van der Waals surface area contributed by atoms with E-state index in [0.717, 1.165) is 16.7 Å². The molecule has 2 amide bonds. The van der Waals surface area contributed by atoms with E-state index in [1.54, 1.807) is 43.2 Å². The second-order valence-corrected chi connectivity index (χ2v) is 8.10. The monoisotopic (exact) mass is 448 g/mol. The summed E-state index contributed by atoms with van der Waals surface area (Å²) in [6.07, 6.45) is 2.59. The van der Waals surface area contributed by atoms with Gasteiger partial charge in [0.2, 0.25) is 5.91 Å². The summed E-state index contributed by atoms with van der Waals surface area (Å²) in [4.78, 5) is 30.0. The van der Waals surface area contributed by atoms with Crippen LogP contribution < -0.4 is 9.47 Å². The molecule has 0 aliphatic carbocycles. The van der Waals surface area contributed by atoms with Crippen LogP contribution in [0.1, 0.15) is 27.2 Å². The molecule has 33 heavy (non-hydrogen) atoms. The van der Waals surface area contributed by atoms with Gasteiger partial charge in [-0.1, -0.05) is 30.3 Å². The van der Waals surface area contributed by atoms with E-state index in [4.69, 9.17) is 13.9 Å². The Kier molecular flexibility index (Phi) is 6.68. The topological polar surface area (TPSA) is 72.2 Å². The lowest BCUT2D eigenvalue weighted by atomic mass is 9.93. The number of amides is 2. The Morgan fingerprint density at radius 3 is 2.48 bits per heavy atom. The molecule has 0 saturated heterocycles. The Hall–Kier alpha value is -3.74. The van der Waals surface area contributed by atoms with E-state index in [1.807, 2.05) is 42.5 Å². The molecule has 1 aliphatic rings. The van der Waals surface area contributed by atoms with E-state index in [-0.39, 0.29) is 17.6 Å². The van der Waals surface area contributed by atoms with E-state index >= 15 is 0 Å². The molecule has 4 rings (SSSR count). The molecular formula is C26H28N2O5. The van der Waals surface area contributed by atoms with Crippen molar-refractivity contribution < 1.29 is 23.5 Å². The average molecular weight is 449 g/mol. The van der Waals surface area contributed by atoms with Gasteiger partial charge in [-0.2, -0.15) is 0 Å². The maximum atomic E-state index is 13.5. The van der Waals surface area contributed by atoms with Gasteiger partial charge in [-0.3, -0.25) is 9.59 Å². The number of benzene rings is 2. The van der Waals surface area contributed by atoms with Gasteiger partial charge >= 0.3 is 0 Å². The number of hydrogen-bond donors (Lipinski definition) is 0. The van der Waals surface area contributed by atoms with Crippen LogP contribution in [0.15, 0.2) is 65.3 Å². The lowest BCUT2D eigenvalue weighted by Gasteiger charge is -2.37. The number of carbonyl (C=O) groups excluding carboxylic acids is 2. The van der Waals surface area contributed by atoms with E-state index in [0.29, 0.717) is 37.4 Å². The summed E-state index contributed by atoms with van der Waals surface area (Å²) in [5, 5.41) is 0. The van der Waals surface area contributed by atoms with Gasteiger partial charge < -0.3 is 23.7 Å². The third-order valence-electron chi connectivity index (χ3n) is 6.09. The molecule has 1 aliphatic heterocycles. The Labute approximate surface area is 193 Å². The molecule has 172 valence electrons. The maximum absolute atomic E-state index is 13.5. The predicted octanol–water partition coefficient (Wildman–Crippen LogP) is 3.57. The number of carbonyl (C=O) groups is 2. The summed E-state index contributed by atoms with van der Waals surface area (Å²) in [5.41, 5.74) is 3.17. The quantitative estimate of drug-likeness (QED) is 0.553. The van der Waals surface area contributed by atoms with Crippen LogP contribution in [0.3, 0.4) is 0 Å². The largest absolute Gasteiger partial charge is 0.493 e. The molecule has 0 spiro atoms. The summed E-state index contributed by atoms with van der Waals surface area (Å²) in [6.45, 7) is 0.880. The SMILES string of the molecule is COc1ccc(CCN(C)C(=O)C2Cc3ccccc3CN2C(=O)c2ccco2)cc1OC. The normalized spacial score (nSPS) is 15.0. The van der Waals surface area contributed by atoms with Gasteiger partial charge in [0.15, 0.2) is 17.3 Å². The number of ether oxygens (including phenoxy) is 2. The van der Waals surface area contributed by atoms with Crippen molar-refractivity contribution in [3.63, 3.8) is 0 Å². The fourth-order valence-corrected chi connectivity index (χ4v) is 4.20. The van der Waals surface area contributed by atoms with E-state index in [9.17, 15) is 9.59 Å². The first kappa shape index (κ1) is 22.5. The van der Waals surface area contributed by atoms with Gasteiger partial charge in [0.05, 0.1) is 20.5 Å². The highest BCUT2D eigenvalue weighted by molar-refractivity contribution is 5.96. The predicted molar refractivity (Wildman–Crippen MR) is 123 cm³/mol. The van der Waals surface area contributed by atoms with Crippen molar-refractivity contribution in [3.8, 4) is 11.5 Å². The minimum absolute atomic E-state index is 0.0927. The first-order valence-corrected chi connectivity index (χ1v) is 10.9. The molecule has 7 nitrogen and oxygen atoms in total. The van der Waals surface area contributed by atoms with Crippen molar-refractivity contribution in [1.82, 2.24) is 9.80 Å². The Morgan fingerprint density at radius 2 is 1.79 bits per heavy atom. The zero-order valence-electron chi connectivity index (χ0n) is 19.1. The van der Waals surface area contributed by atoms with E-state index < -0.39 is 6.04 Å². The molecule has 2 aromatic carbocycles. The van der Waals surface area contributed by atoms with Crippen molar-refractivity contribution in [2.45, 2.75) is 25.4 Å². The van der Waals surface area contributed by atoms with Gasteiger partial charge in [0.25, 0.3) is 5.91 Å². The molecule has 3 aromatic rings. The lowest BCUT2D eigenvalue weighted by molar-refractivity contribution is -0.135.